The largest absolute Gasteiger partial charge is 0.483 e. The highest BCUT2D eigenvalue weighted by atomic mass is 19.4. The lowest BCUT2D eigenvalue weighted by Gasteiger charge is -2.21. The highest BCUT2D eigenvalue weighted by Crippen LogP contribution is 2.33. The van der Waals surface area contributed by atoms with Crippen molar-refractivity contribution in [3.8, 4) is 0 Å². The van der Waals surface area contributed by atoms with E-state index < -0.39 is 52.6 Å². The van der Waals surface area contributed by atoms with Crippen molar-refractivity contribution in [3.05, 3.63) is 104 Å². The third-order valence-electron chi connectivity index (χ3n) is 6.15. The van der Waals surface area contributed by atoms with Crippen LogP contribution in [0.5, 0.6) is 0 Å². The van der Waals surface area contributed by atoms with E-state index in [-0.39, 0.29) is 23.7 Å². The molecule has 7 N–H and O–H groups in total. The van der Waals surface area contributed by atoms with Gasteiger partial charge in [-0.05, 0) is 56.6 Å². The smallest absolute Gasteiger partial charge is 0.416 e. The Labute approximate surface area is 248 Å². The molecule has 0 aliphatic carbocycles. The normalized spacial score (nSPS) is 12.9. The molecule has 44 heavy (non-hydrogen) atoms. The number of anilines is 2. The predicted molar refractivity (Wildman–Crippen MR) is 158 cm³/mol. The first-order valence-corrected chi connectivity index (χ1v) is 12.7. The summed E-state index contributed by atoms with van der Waals surface area (Å²) in [5.41, 5.74) is 13.9. The summed E-state index contributed by atoms with van der Waals surface area (Å²) in [4.78, 5) is 44.4. The fourth-order valence-corrected chi connectivity index (χ4v) is 4.10. The van der Waals surface area contributed by atoms with E-state index in [2.05, 4.69) is 10.3 Å². The number of ether oxygens (including phenoxy) is 1. The molecule has 16 heteroatoms. The number of carbonyl (C=O) groups is 1. The molecule has 0 saturated heterocycles. The van der Waals surface area contributed by atoms with E-state index in [0.29, 0.717) is 33.0 Å². The van der Waals surface area contributed by atoms with Crippen LogP contribution in [0.1, 0.15) is 16.7 Å². The second kappa shape index (κ2) is 13.7. The van der Waals surface area contributed by atoms with Crippen LogP contribution in [0.2, 0.25) is 0 Å². The number of hydrogen-bond donors (Lipinski definition) is 4. The van der Waals surface area contributed by atoms with Crippen LogP contribution in [0.15, 0.2) is 75.1 Å². The molecule has 0 atom stereocenters. The van der Waals surface area contributed by atoms with E-state index in [1.807, 2.05) is 0 Å². The molecule has 3 rings (SSSR count). The Balaban J connectivity index is 2.42. The minimum atomic E-state index is -4.98. The third-order valence-corrected chi connectivity index (χ3v) is 6.15. The van der Waals surface area contributed by atoms with Crippen LogP contribution in [0, 0.1) is 5.82 Å². The Morgan fingerprint density at radius 2 is 1.75 bits per heavy atom. The second-order valence-corrected chi connectivity index (χ2v) is 9.50. The van der Waals surface area contributed by atoms with Gasteiger partial charge in [-0.25, -0.2) is 13.8 Å². The van der Waals surface area contributed by atoms with Gasteiger partial charge in [-0.3, -0.25) is 19.1 Å². The quantitative estimate of drug-likeness (QED) is 0.0832. The molecule has 0 aliphatic rings. The lowest BCUT2D eigenvalue weighted by Crippen LogP contribution is -2.46. The molecule has 0 aliphatic heterocycles. The Morgan fingerprint density at radius 1 is 1.09 bits per heavy atom. The number of alkyl halides is 3. The van der Waals surface area contributed by atoms with Crippen molar-refractivity contribution in [2.24, 2.45) is 16.5 Å². The molecule has 0 spiro atoms. The molecule has 0 unspecified atom stereocenters. The molecule has 3 aromatic rings. The number of benzene rings is 2. The highest BCUT2D eigenvalue weighted by molar-refractivity contribution is 6.06. The van der Waals surface area contributed by atoms with Crippen LogP contribution < -0.4 is 33.8 Å². The Hall–Kier alpha value is -5.38. The summed E-state index contributed by atoms with van der Waals surface area (Å²) in [6.45, 7) is -1.05. The number of nitrogen functional groups attached to an aromatic ring is 1. The van der Waals surface area contributed by atoms with Crippen molar-refractivity contribution in [1.29, 1.82) is 0 Å². The summed E-state index contributed by atoms with van der Waals surface area (Å²) in [5.74, 6) is -2.46. The number of nitrogens with two attached hydrogens (primary N) is 3. The van der Waals surface area contributed by atoms with Crippen molar-refractivity contribution in [1.82, 2.24) is 14.0 Å². The van der Waals surface area contributed by atoms with Gasteiger partial charge in [0, 0.05) is 23.9 Å². The number of methoxy groups -OCH3 is 1. The molecule has 1 aromatic heterocycles. The number of nitrogens with one attached hydrogen (secondary N) is 1. The van der Waals surface area contributed by atoms with Crippen LogP contribution in [-0.2, 0) is 22.3 Å². The van der Waals surface area contributed by atoms with Gasteiger partial charge in [-0.1, -0.05) is 6.07 Å². The number of likely N-dealkylation sites (N-methyl/N-ethyl adjacent to an activating group) is 1. The summed E-state index contributed by atoms with van der Waals surface area (Å²) in [5, 5.41) is 2.47. The summed E-state index contributed by atoms with van der Waals surface area (Å²) in [6.07, 6.45) is -2.28. The van der Waals surface area contributed by atoms with E-state index in [0.717, 1.165) is 24.3 Å². The number of hydrogen-bond acceptors (Lipinski definition) is 9. The maximum Gasteiger partial charge on any atom is 0.416 e. The van der Waals surface area contributed by atoms with Crippen molar-refractivity contribution in [3.63, 3.8) is 0 Å². The van der Waals surface area contributed by atoms with E-state index in [9.17, 15) is 31.9 Å². The minimum Gasteiger partial charge on any atom is -0.483 e. The molecule has 2 aromatic carbocycles. The number of nitrogens with zero attached hydrogens (tertiary/aromatic N) is 4. The van der Waals surface area contributed by atoms with Gasteiger partial charge in [0.15, 0.2) is 5.88 Å². The van der Waals surface area contributed by atoms with E-state index in [1.54, 1.807) is 19.0 Å². The van der Waals surface area contributed by atoms with Crippen molar-refractivity contribution < 1.29 is 27.1 Å². The first kappa shape index (κ1) is 33.1. The zero-order valence-electron chi connectivity index (χ0n) is 23.9. The maximum absolute atomic E-state index is 14.9. The first-order chi connectivity index (χ1) is 20.7. The predicted octanol–water partition coefficient (Wildman–Crippen LogP) is 2.25. The van der Waals surface area contributed by atoms with Gasteiger partial charge < -0.3 is 32.2 Å². The average molecular weight is 619 g/mol. The monoisotopic (exact) mass is 618 g/mol. The second-order valence-electron chi connectivity index (χ2n) is 9.50. The lowest BCUT2D eigenvalue weighted by molar-refractivity contribution is -0.138. The fourth-order valence-electron chi connectivity index (χ4n) is 4.10. The molecule has 0 bridgehead atoms. The number of rotatable bonds is 11. The number of allylic oxidation sites excluding steroid dienone is 2. The van der Waals surface area contributed by atoms with Gasteiger partial charge in [0.2, 0.25) is 6.41 Å². The number of carbonyl (C=O) groups excluding carboxylic acids is 1. The van der Waals surface area contributed by atoms with Crippen LogP contribution in [0.4, 0.5) is 34.8 Å². The van der Waals surface area contributed by atoms with Gasteiger partial charge >= 0.3 is 11.9 Å². The lowest BCUT2D eigenvalue weighted by atomic mass is 10.1. The van der Waals surface area contributed by atoms with Crippen LogP contribution in [0.25, 0.3) is 5.82 Å². The highest BCUT2D eigenvalue weighted by Gasteiger charge is 2.35. The fraction of sp³-hybridized carbons (Fsp3) is 0.214. The van der Waals surface area contributed by atoms with E-state index in [4.69, 9.17) is 21.9 Å². The molecular formula is C28H30F4N8O4. The van der Waals surface area contributed by atoms with Gasteiger partial charge in [0.25, 0.3) is 5.56 Å². The molecular weight excluding hydrogens is 588 g/mol. The number of halogens is 4. The van der Waals surface area contributed by atoms with Gasteiger partial charge in [0.05, 0.1) is 30.6 Å². The molecule has 0 saturated carbocycles. The van der Waals surface area contributed by atoms with Gasteiger partial charge in [-0.15, -0.1) is 0 Å². The molecule has 1 heterocycles. The number of amides is 1. The standard InChI is InChI=1S/C28H30F4N8O4/c1-38(2)14-21(37-17-9-7-16(8-10-17)36-15-41)24-25(35)39(13-18-19(28(30,31)32)5-4-6-20(18)29)27(43)40(26(24)42)22(33)11-12-23(34)44-3/h4-12,15H,13-14,33-35H2,1-3H3,(H,36,41)/b22-11+,23-12+,37-21?. The summed E-state index contributed by atoms with van der Waals surface area (Å²) < 4.78 is 62.3. The van der Waals surface area contributed by atoms with Gasteiger partial charge in [-0.2, -0.15) is 13.2 Å². The molecule has 0 radical (unpaired) electrons. The zero-order valence-corrected chi connectivity index (χ0v) is 23.9. The molecule has 12 nitrogen and oxygen atoms in total. The maximum atomic E-state index is 14.9. The summed E-state index contributed by atoms with van der Waals surface area (Å²) in [6, 6.07) is 8.45. The Bertz CT molecular complexity index is 1740. The minimum absolute atomic E-state index is 0.000391. The third kappa shape index (κ3) is 7.52. The Morgan fingerprint density at radius 3 is 2.32 bits per heavy atom. The first-order valence-electron chi connectivity index (χ1n) is 12.7. The average Bonchev–Trinajstić information content (AvgIpc) is 2.94. The number of aliphatic imine (C=N–C) groups is 1. The SMILES string of the molecule is CO/C(N)=C/C=C(\N)n1c(=O)c(C(CN(C)C)=Nc2ccc(NC=O)cc2)c(N)n(Cc2c(F)cccc2C(F)(F)F)c1=O. The van der Waals surface area contributed by atoms with Crippen molar-refractivity contribution >= 4 is 35.1 Å². The van der Waals surface area contributed by atoms with E-state index in [1.165, 1.54) is 31.4 Å². The van der Waals surface area contributed by atoms with Gasteiger partial charge in [0.1, 0.15) is 23.0 Å². The Kier molecular flexibility index (Phi) is 10.3. The van der Waals surface area contributed by atoms with Crippen molar-refractivity contribution in [2.45, 2.75) is 12.7 Å². The van der Waals surface area contributed by atoms with E-state index >= 15 is 0 Å². The molecule has 0 fully saturated rings. The summed E-state index contributed by atoms with van der Waals surface area (Å²) in [7, 11) is 4.56. The van der Waals surface area contributed by atoms with Crippen LogP contribution in [-0.4, -0.2) is 53.9 Å². The molecule has 234 valence electrons. The van der Waals surface area contributed by atoms with Crippen LogP contribution in [0.3, 0.4) is 0 Å². The molecule has 1 amide bonds. The number of aromatic nitrogens is 2. The van der Waals surface area contributed by atoms with Crippen molar-refractivity contribution in [2.75, 3.05) is 38.8 Å². The summed E-state index contributed by atoms with van der Waals surface area (Å²) >= 11 is 0. The zero-order chi connectivity index (χ0) is 32.8. The van der Waals surface area contributed by atoms with Crippen LogP contribution >= 0.6 is 0 Å². The topological polar surface area (TPSA) is 176 Å².